The summed E-state index contributed by atoms with van der Waals surface area (Å²) in [5.74, 6) is 1.01. The van der Waals surface area contributed by atoms with Crippen molar-refractivity contribution < 1.29 is 5.11 Å². The molecular weight excluding hydrogens is 370 g/mol. The lowest BCUT2D eigenvalue weighted by molar-refractivity contribution is 0.282. The van der Waals surface area contributed by atoms with Crippen molar-refractivity contribution >= 4 is 23.3 Å². The predicted molar refractivity (Wildman–Crippen MR) is 128 cm³/mol. The average molecular weight is 404 g/mol. The highest BCUT2D eigenvalue weighted by atomic mass is 16.3. The molecule has 2 aromatic carbocycles. The Morgan fingerprint density at radius 3 is 2.87 bits per heavy atom. The van der Waals surface area contributed by atoms with E-state index in [0.29, 0.717) is 11.8 Å². The van der Waals surface area contributed by atoms with Gasteiger partial charge >= 0.3 is 0 Å². The first-order valence-electron chi connectivity index (χ1n) is 11.2. The molecule has 4 heteroatoms. The quantitative estimate of drug-likeness (QED) is 0.594. The number of aliphatic hydroxyl groups excluding tert-OH is 1. The number of hydrogen-bond acceptors (Lipinski definition) is 4. The molecule has 0 amide bonds. The number of fused-ring (bicyclic) bond motifs is 1. The molecule has 2 N–H and O–H groups in total. The minimum Gasteiger partial charge on any atom is -0.392 e. The Hall–Kier alpha value is -2.59. The van der Waals surface area contributed by atoms with Crippen molar-refractivity contribution in [3.05, 3.63) is 53.7 Å². The largest absolute Gasteiger partial charge is 0.392 e. The molecule has 158 valence electrons. The van der Waals surface area contributed by atoms with Crippen molar-refractivity contribution in [3.63, 3.8) is 0 Å². The van der Waals surface area contributed by atoms with E-state index in [9.17, 15) is 5.11 Å². The van der Waals surface area contributed by atoms with Gasteiger partial charge in [-0.1, -0.05) is 39.5 Å². The number of nitrogens with one attached hydrogen (secondary N) is 1. The van der Waals surface area contributed by atoms with Gasteiger partial charge in [0.15, 0.2) is 0 Å². The van der Waals surface area contributed by atoms with Gasteiger partial charge in [-0.3, -0.25) is 4.99 Å². The Labute approximate surface area is 180 Å². The molecule has 0 aromatic heterocycles. The van der Waals surface area contributed by atoms with Crippen molar-refractivity contribution in [2.24, 2.45) is 10.9 Å². The van der Waals surface area contributed by atoms with Crippen molar-refractivity contribution in [1.29, 1.82) is 0 Å². The highest BCUT2D eigenvalue weighted by Crippen LogP contribution is 2.45. The number of aliphatic hydroxyl groups is 1. The highest BCUT2D eigenvalue weighted by molar-refractivity contribution is 5.87. The molecule has 2 atom stereocenters. The smallest absolute Gasteiger partial charge is 0.0722 e. The molecule has 0 radical (unpaired) electrons. The summed E-state index contributed by atoms with van der Waals surface area (Å²) in [4.78, 5) is 7.01. The van der Waals surface area contributed by atoms with Gasteiger partial charge in [0, 0.05) is 42.7 Å². The van der Waals surface area contributed by atoms with Gasteiger partial charge in [0.1, 0.15) is 0 Å². The highest BCUT2D eigenvalue weighted by Gasteiger charge is 2.27. The van der Waals surface area contributed by atoms with E-state index in [4.69, 9.17) is 0 Å². The fourth-order valence-corrected chi connectivity index (χ4v) is 4.81. The summed E-state index contributed by atoms with van der Waals surface area (Å²) in [7, 11) is 0. The SMILES string of the molecule is C=CNc1c(CO)c(N2CC[C@H](C)C2)cc(-c2ccc3c(c2)N=CC3)c1C(C)CC. The number of aliphatic imine (C=N–C) groups is 1. The number of nitrogens with zero attached hydrogens (tertiary/aromatic N) is 2. The molecule has 2 aliphatic heterocycles. The monoisotopic (exact) mass is 403 g/mol. The predicted octanol–water partition coefficient (Wildman–Crippen LogP) is 6.02. The van der Waals surface area contributed by atoms with E-state index in [1.807, 2.05) is 6.21 Å². The second-order valence-electron chi connectivity index (χ2n) is 8.73. The zero-order valence-electron chi connectivity index (χ0n) is 18.4. The molecule has 0 bridgehead atoms. The van der Waals surface area contributed by atoms with Crippen LogP contribution in [0.4, 0.5) is 17.1 Å². The third kappa shape index (κ3) is 3.65. The molecule has 0 aliphatic carbocycles. The van der Waals surface area contributed by atoms with E-state index >= 15 is 0 Å². The summed E-state index contributed by atoms with van der Waals surface area (Å²) in [6, 6.07) is 8.95. The van der Waals surface area contributed by atoms with E-state index in [2.05, 4.69) is 66.8 Å². The second kappa shape index (κ2) is 8.65. The van der Waals surface area contributed by atoms with Gasteiger partial charge in [0.05, 0.1) is 12.3 Å². The summed E-state index contributed by atoms with van der Waals surface area (Å²) in [6.07, 6.45) is 6.84. The maximum atomic E-state index is 10.4. The van der Waals surface area contributed by atoms with Gasteiger partial charge < -0.3 is 15.3 Å². The van der Waals surface area contributed by atoms with Crippen LogP contribution in [-0.2, 0) is 13.0 Å². The Morgan fingerprint density at radius 1 is 1.37 bits per heavy atom. The minimum absolute atomic E-state index is 0.00851. The number of rotatable bonds is 7. The van der Waals surface area contributed by atoms with E-state index in [0.717, 1.165) is 48.6 Å². The van der Waals surface area contributed by atoms with E-state index < -0.39 is 0 Å². The molecular formula is C26H33N3O. The summed E-state index contributed by atoms with van der Waals surface area (Å²) < 4.78 is 0. The van der Waals surface area contributed by atoms with E-state index in [1.54, 1.807) is 6.20 Å². The lowest BCUT2D eigenvalue weighted by Gasteiger charge is -2.29. The van der Waals surface area contributed by atoms with Gasteiger partial charge in [-0.15, -0.1) is 0 Å². The van der Waals surface area contributed by atoms with Crippen LogP contribution in [0.2, 0.25) is 0 Å². The first-order chi connectivity index (χ1) is 14.6. The maximum absolute atomic E-state index is 10.4. The third-order valence-electron chi connectivity index (χ3n) is 6.66. The Morgan fingerprint density at radius 2 is 2.20 bits per heavy atom. The first-order valence-corrected chi connectivity index (χ1v) is 11.2. The van der Waals surface area contributed by atoms with Crippen LogP contribution in [0.5, 0.6) is 0 Å². The zero-order valence-corrected chi connectivity index (χ0v) is 18.4. The van der Waals surface area contributed by atoms with Crippen LogP contribution in [0.1, 0.15) is 56.2 Å². The number of benzene rings is 2. The molecule has 1 fully saturated rings. The molecule has 2 aromatic rings. The number of anilines is 2. The Bertz CT molecular complexity index is 979. The normalized spacial score (nSPS) is 18.5. The Balaban J connectivity index is 1.97. The van der Waals surface area contributed by atoms with Crippen molar-refractivity contribution in [3.8, 4) is 11.1 Å². The zero-order chi connectivity index (χ0) is 21.3. The summed E-state index contributed by atoms with van der Waals surface area (Å²) >= 11 is 0. The molecule has 2 aliphatic rings. The van der Waals surface area contributed by atoms with E-state index in [-0.39, 0.29) is 6.61 Å². The first kappa shape index (κ1) is 20.7. The molecule has 0 saturated carbocycles. The molecule has 1 saturated heterocycles. The minimum atomic E-state index is 0.00851. The summed E-state index contributed by atoms with van der Waals surface area (Å²) in [5, 5.41) is 13.8. The summed E-state index contributed by atoms with van der Waals surface area (Å²) in [6.45, 7) is 12.8. The number of hydrogen-bond donors (Lipinski definition) is 2. The molecule has 0 spiro atoms. The third-order valence-corrected chi connectivity index (χ3v) is 6.66. The molecule has 2 heterocycles. The van der Waals surface area contributed by atoms with Gasteiger partial charge in [-0.05, 0) is 65.3 Å². The lowest BCUT2D eigenvalue weighted by atomic mass is 9.85. The van der Waals surface area contributed by atoms with Crippen LogP contribution in [0, 0.1) is 5.92 Å². The fraction of sp³-hybridized carbons (Fsp3) is 0.423. The van der Waals surface area contributed by atoms with Crippen LogP contribution < -0.4 is 10.2 Å². The molecule has 4 rings (SSSR count). The summed E-state index contributed by atoms with van der Waals surface area (Å²) in [5.41, 5.74) is 9.15. The van der Waals surface area contributed by atoms with Crippen LogP contribution in [0.3, 0.4) is 0 Å². The van der Waals surface area contributed by atoms with E-state index in [1.165, 1.54) is 28.7 Å². The maximum Gasteiger partial charge on any atom is 0.0722 e. The standard InChI is InChI=1S/C26H33N3O/c1-5-18(4)25-21(20-8-7-19-9-11-28-23(19)13-20)14-24(29-12-10-17(3)15-29)22(16-30)26(25)27-6-2/h6-8,11,13-14,17-18,27,30H,2,5,9-10,12,15-16H2,1,3-4H3/t17-,18?/m0/s1. The van der Waals surface area contributed by atoms with Gasteiger partial charge in [-0.25, -0.2) is 0 Å². The van der Waals surface area contributed by atoms with Crippen LogP contribution in [0.25, 0.3) is 11.1 Å². The van der Waals surface area contributed by atoms with Crippen molar-refractivity contribution in [1.82, 2.24) is 0 Å². The Kier molecular flexibility index (Phi) is 5.96. The molecule has 4 nitrogen and oxygen atoms in total. The van der Waals surface area contributed by atoms with Crippen LogP contribution in [0.15, 0.2) is 42.0 Å². The van der Waals surface area contributed by atoms with Crippen LogP contribution in [-0.4, -0.2) is 24.4 Å². The lowest BCUT2D eigenvalue weighted by Crippen LogP contribution is -2.22. The van der Waals surface area contributed by atoms with Crippen molar-refractivity contribution in [2.75, 3.05) is 23.3 Å². The average Bonchev–Trinajstić information content (AvgIpc) is 3.40. The van der Waals surface area contributed by atoms with Gasteiger partial charge in [0.25, 0.3) is 0 Å². The van der Waals surface area contributed by atoms with Crippen molar-refractivity contribution in [2.45, 2.75) is 52.6 Å². The molecule has 1 unspecified atom stereocenters. The topological polar surface area (TPSA) is 47.9 Å². The second-order valence-corrected chi connectivity index (χ2v) is 8.73. The van der Waals surface area contributed by atoms with Gasteiger partial charge in [-0.2, -0.15) is 0 Å². The fourth-order valence-electron chi connectivity index (χ4n) is 4.81. The van der Waals surface area contributed by atoms with Gasteiger partial charge in [0.2, 0.25) is 0 Å². The van der Waals surface area contributed by atoms with Crippen LogP contribution >= 0.6 is 0 Å². The molecule has 30 heavy (non-hydrogen) atoms.